The summed E-state index contributed by atoms with van der Waals surface area (Å²) in [5, 5.41) is 2.57. The van der Waals surface area contributed by atoms with E-state index in [1.165, 1.54) is 6.07 Å². The van der Waals surface area contributed by atoms with Gasteiger partial charge in [-0.15, -0.1) is 12.4 Å². The minimum absolute atomic E-state index is 0. The van der Waals surface area contributed by atoms with Gasteiger partial charge >= 0.3 is 6.18 Å². The van der Waals surface area contributed by atoms with Gasteiger partial charge < -0.3 is 16.0 Å². The molecular weight excluding hydrogens is 383 g/mol. The van der Waals surface area contributed by atoms with Crippen molar-refractivity contribution in [2.75, 3.05) is 18.4 Å². The predicted octanol–water partition coefficient (Wildman–Crippen LogP) is 3.42. The minimum atomic E-state index is -4.51. The van der Waals surface area contributed by atoms with Gasteiger partial charge in [-0.1, -0.05) is 13.8 Å². The largest absolute Gasteiger partial charge is 0.416 e. The molecular formula is C18H25ClF3N3O2. The molecule has 1 fully saturated rings. The van der Waals surface area contributed by atoms with E-state index in [-0.39, 0.29) is 48.3 Å². The van der Waals surface area contributed by atoms with Crippen molar-refractivity contribution < 1.29 is 22.8 Å². The van der Waals surface area contributed by atoms with E-state index in [2.05, 4.69) is 5.32 Å². The zero-order chi connectivity index (χ0) is 19.5. The summed E-state index contributed by atoms with van der Waals surface area (Å²) in [5.74, 6) is -0.708. The molecule has 1 aromatic carbocycles. The summed E-state index contributed by atoms with van der Waals surface area (Å²) in [7, 11) is 0. The zero-order valence-electron chi connectivity index (χ0n) is 15.3. The third-order valence-corrected chi connectivity index (χ3v) is 4.49. The van der Waals surface area contributed by atoms with Crippen LogP contribution in [0.15, 0.2) is 18.2 Å². The van der Waals surface area contributed by atoms with Crippen LogP contribution in [0.5, 0.6) is 0 Å². The Kier molecular flexibility index (Phi) is 8.10. The molecule has 27 heavy (non-hydrogen) atoms. The quantitative estimate of drug-likeness (QED) is 0.803. The molecule has 0 radical (unpaired) electrons. The van der Waals surface area contributed by atoms with Gasteiger partial charge in [-0.3, -0.25) is 9.59 Å². The first kappa shape index (κ1) is 23.2. The molecule has 9 heteroatoms. The highest BCUT2D eigenvalue weighted by Gasteiger charge is 2.32. The standard InChI is InChI=1S/C18H24F3N3O2.ClH/c1-11(2)17(26)24-5-3-13(4-6-24)16(25)23-15-8-12(10-22)7-14(9-15)18(19,20)21;/h7-9,11,13H,3-6,10,22H2,1-2H3,(H,23,25);1H. The summed E-state index contributed by atoms with van der Waals surface area (Å²) < 4.78 is 38.9. The van der Waals surface area contributed by atoms with Gasteiger partial charge in [-0.25, -0.2) is 0 Å². The molecule has 1 heterocycles. The van der Waals surface area contributed by atoms with E-state index in [0.29, 0.717) is 31.5 Å². The molecule has 2 rings (SSSR count). The van der Waals surface area contributed by atoms with Crippen molar-refractivity contribution in [1.82, 2.24) is 4.90 Å². The number of rotatable bonds is 4. The Morgan fingerprint density at radius 1 is 1.22 bits per heavy atom. The van der Waals surface area contributed by atoms with Crippen LogP contribution in [0, 0.1) is 11.8 Å². The number of likely N-dealkylation sites (tertiary alicyclic amines) is 1. The summed E-state index contributed by atoms with van der Waals surface area (Å²) in [6.07, 6.45) is -3.52. The highest BCUT2D eigenvalue weighted by Crippen LogP contribution is 2.32. The smallest absolute Gasteiger partial charge is 0.342 e. The van der Waals surface area contributed by atoms with Crippen LogP contribution in [0.1, 0.15) is 37.8 Å². The molecule has 152 valence electrons. The fraction of sp³-hybridized carbons (Fsp3) is 0.556. The van der Waals surface area contributed by atoms with Crippen molar-refractivity contribution in [3.8, 4) is 0 Å². The molecule has 1 aliphatic rings. The number of nitrogens with two attached hydrogens (primary N) is 1. The molecule has 5 nitrogen and oxygen atoms in total. The van der Waals surface area contributed by atoms with Gasteiger partial charge in [0.25, 0.3) is 0 Å². The number of amides is 2. The lowest BCUT2D eigenvalue weighted by molar-refractivity contribution is -0.137. The number of carbonyl (C=O) groups is 2. The maximum Gasteiger partial charge on any atom is 0.416 e. The first-order valence-corrected chi connectivity index (χ1v) is 8.62. The summed E-state index contributed by atoms with van der Waals surface area (Å²) in [5.41, 5.74) is 5.00. The Morgan fingerprint density at radius 2 is 1.81 bits per heavy atom. The number of carbonyl (C=O) groups excluding carboxylic acids is 2. The van der Waals surface area contributed by atoms with E-state index < -0.39 is 11.7 Å². The summed E-state index contributed by atoms with van der Waals surface area (Å²) in [6, 6.07) is 3.34. The molecule has 0 bridgehead atoms. The van der Waals surface area contributed by atoms with Crippen LogP contribution in [-0.4, -0.2) is 29.8 Å². The van der Waals surface area contributed by atoms with Crippen molar-refractivity contribution in [2.24, 2.45) is 17.6 Å². The molecule has 0 unspecified atom stereocenters. The van der Waals surface area contributed by atoms with E-state index in [1.807, 2.05) is 13.8 Å². The molecule has 0 aliphatic carbocycles. The van der Waals surface area contributed by atoms with Crippen molar-refractivity contribution >= 4 is 29.9 Å². The third kappa shape index (κ3) is 6.10. The van der Waals surface area contributed by atoms with Crippen LogP contribution in [0.25, 0.3) is 0 Å². The zero-order valence-corrected chi connectivity index (χ0v) is 16.1. The number of nitrogens with one attached hydrogen (secondary N) is 1. The van der Waals surface area contributed by atoms with Gasteiger partial charge in [-0.05, 0) is 36.6 Å². The fourth-order valence-corrected chi connectivity index (χ4v) is 3.02. The van der Waals surface area contributed by atoms with E-state index in [4.69, 9.17) is 5.73 Å². The summed E-state index contributed by atoms with van der Waals surface area (Å²) >= 11 is 0. The fourth-order valence-electron chi connectivity index (χ4n) is 3.02. The first-order valence-electron chi connectivity index (χ1n) is 8.62. The van der Waals surface area contributed by atoms with Crippen LogP contribution in [0.2, 0.25) is 0 Å². The molecule has 0 saturated carbocycles. The lowest BCUT2D eigenvalue weighted by Crippen LogP contribution is -2.43. The molecule has 3 N–H and O–H groups in total. The Morgan fingerprint density at radius 3 is 2.30 bits per heavy atom. The highest BCUT2D eigenvalue weighted by atomic mass is 35.5. The average Bonchev–Trinajstić information content (AvgIpc) is 2.60. The van der Waals surface area contributed by atoms with Gasteiger partial charge in [0.15, 0.2) is 0 Å². The topological polar surface area (TPSA) is 75.4 Å². The lowest BCUT2D eigenvalue weighted by atomic mass is 9.95. The number of nitrogens with zero attached hydrogens (tertiary/aromatic N) is 1. The maximum absolute atomic E-state index is 13.0. The number of anilines is 1. The summed E-state index contributed by atoms with van der Waals surface area (Å²) in [4.78, 5) is 26.1. The maximum atomic E-state index is 13.0. The SMILES string of the molecule is CC(C)C(=O)N1CCC(C(=O)Nc2cc(CN)cc(C(F)(F)F)c2)CC1.Cl. The number of piperidine rings is 1. The second-order valence-corrected chi connectivity index (χ2v) is 6.86. The minimum Gasteiger partial charge on any atom is -0.342 e. The molecule has 1 aliphatic heterocycles. The van der Waals surface area contributed by atoms with Gasteiger partial charge in [0.05, 0.1) is 5.56 Å². The predicted molar refractivity (Wildman–Crippen MR) is 99.4 cm³/mol. The van der Waals surface area contributed by atoms with Crippen LogP contribution < -0.4 is 11.1 Å². The Hall–Kier alpha value is -1.80. The van der Waals surface area contributed by atoms with E-state index >= 15 is 0 Å². The van der Waals surface area contributed by atoms with Crippen LogP contribution >= 0.6 is 12.4 Å². The molecule has 0 atom stereocenters. The third-order valence-electron chi connectivity index (χ3n) is 4.49. The number of hydrogen-bond acceptors (Lipinski definition) is 3. The van der Waals surface area contributed by atoms with Crippen LogP contribution in [-0.2, 0) is 22.3 Å². The number of benzene rings is 1. The Balaban J connectivity index is 0.00000364. The average molecular weight is 408 g/mol. The normalized spacial score (nSPS) is 15.4. The van der Waals surface area contributed by atoms with Gasteiger partial charge in [0.2, 0.25) is 11.8 Å². The van der Waals surface area contributed by atoms with Gasteiger partial charge in [0, 0.05) is 37.2 Å². The Labute approximate surface area is 162 Å². The molecule has 1 saturated heterocycles. The van der Waals surface area contributed by atoms with Crippen LogP contribution in [0.3, 0.4) is 0 Å². The van der Waals surface area contributed by atoms with Crippen molar-refractivity contribution in [3.63, 3.8) is 0 Å². The van der Waals surface area contributed by atoms with E-state index in [0.717, 1.165) is 12.1 Å². The van der Waals surface area contributed by atoms with Gasteiger partial charge in [0.1, 0.15) is 0 Å². The number of alkyl halides is 3. The highest BCUT2D eigenvalue weighted by molar-refractivity contribution is 5.93. The van der Waals surface area contributed by atoms with E-state index in [1.54, 1.807) is 4.90 Å². The lowest BCUT2D eigenvalue weighted by Gasteiger charge is -2.32. The second-order valence-electron chi connectivity index (χ2n) is 6.86. The number of hydrogen-bond donors (Lipinski definition) is 2. The molecule has 0 aromatic heterocycles. The van der Waals surface area contributed by atoms with Crippen molar-refractivity contribution in [1.29, 1.82) is 0 Å². The molecule has 2 amide bonds. The first-order chi connectivity index (χ1) is 12.1. The number of halogens is 4. The van der Waals surface area contributed by atoms with Crippen molar-refractivity contribution in [3.05, 3.63) is 29.3 Å². The van der Waals surface area contributed by atoms with Crippen molar-refractivity contribution in [2.45, 2.75) is 39.4 Å². The summed E-state index contributed by atoms with van der Waals surface area (Å²) in [6.45, 7) is 4.55. The Bertz CT molecular complexity index is 672. The van der Waals surface area contributed by atoms with E-state index in [9.17, 15) is 22.8 Å². The molecule has 0 spiro atoms. The van der Waals surface area contributed by atoms with Gasteiger partial charge in [-0.2, -0.15) is 13.2 Å². The second kappa shape index (κ2) is 9.41. The molecule has 1 aromatic rings. The monoisotopic (exact) mass is 407 g/mol. The van der Waals surface area contributed by atoms with Crippen LogP contribution in [0.4, 0.5) is 18.9 Å².